The number of nitrogens with one attached hydrogen (secondary N) is 1. The van der Waals surface area contributed by atoms with E-state index in [9.17, 15) is 4.79 Å². The largest absolute Gasteiger partial charge is 0.454 e. The number of hydrogen-bond acceptors (Lipinski definition) is 7. The Bertz CT molecular complexity index is 1030. The van der Waals surface area contributed by atoms with Crippen molar-refractivity contribution in [2.45, 2.75) is 6.42 Å². The molecule has 0 fully saturated rings. The highest BCUT2D eigenvalue weighted by Gasteiger charge is 2.18. The summed E-state index contributed by atoms with van der Waals surface area (Å²) < 4.78 is 26.6. The fourth-order valence-electron chi connectivity index (χ4n) is 2.92. The smallest absolute Gasteiger partial charge is 0.231 e. The number of carbonyl (C=O) groups is 1. The van der Waals surface area contributed by atoms with Gasteiger partial charge in [-0.2, -0.15) is 0 Å². The van der Waals surface area contributed by atoms with E-state index in [2.05, 4.69) is 10.5 Å². The van der Waals surface area contributed by atoms with Crippen LogP contribution >= 0.6 is 0 Å². The Morgan fingerprint density at radius 2 is 1.59 bits per heavy atom. The van der Waals surface area contributed by atoms with E-state index >= 15 is 0 Å². The quantitative estimate of drug-likeness (QED) is 0.759. The van der Waals surface area contributed by atoms with Crippen molar-refractivity contribution in [1.82, 2.24) is 5.16 Å². The first kappa shape index (κ1) is 15.6. The number of amides is 1. The molecular weight excluding hydrogens is 352 g/mol. The van der Waals surface area contributed by atoms with Crippen LogP contribution in [0.4, 0.5) is 5.69 Å². The molecule has 0 saturated carbocycles. The molecule has 0 radical (unpaired) electrons. The van der Waals surface area contributed by atoms with E-state index < -0.39 is 0 Å². The number of fused-ring (bicyclic) bond motifs is 2. The maximum atomic E-state index is 12.3. The van der Waals surface area contributed by atoms with Gasteiger partial charge < -0.3 is 28.8 Å². The van der Waals surface area contributed by atoms with Crippen molar-refractivity contribution in [3.63, 3.8) is 0 Å². The number of carbonyl (C=O) groups excluding carboxylic acids is 1. The van der Waals surface area contributed by atoms with Crippen molar-refractivity contribution in [3.05, 3.63) is 48.2 Å². The zero-order valence-corrected chi connectivity index (χ0v) is 14.1. The summed E-state index contributed by atoms with van der Waals surface area (Å²) in [6.07, 6.45) is 0.0858. The Hall–Kier alpha value is -3.68. The topological polar surface area (TPSA) is 92.1 Å². The molecule has 2 aliphatic heterocycles. The molecule has 0 bridgehead atoms. The highest BCUT2D eigenvalue weighted by Crippen LogP contribution is 2.36. The van der Waals surface area contributed by atoms with Crippen molar-refractivity contribution < 1.29 is 28.3 Å². The molecule has 1 aromatic heterocycles. The van der Waals surface area contributed by atoms with E-state index in [1.165, 1.54) is 0 Å². The highest BCUT2D eigenvalue weighted by molar-refractivity contribution is 5.92. The zero-order chi connectivity index (χ0) is 18.2. The minimum absolute atomic E-state index is 0.0858. The number of nitrogens with zero attached hydrogens (tertiary/aromatic N) is 1. The van der Waals surface area contributed by atoms with E-state index in [1.54, 1.807) is 24.3 Å². The second-order valence-corrected chi connectivity index (χ2v) is 6.04. The van der Waals surface area contributed by atoms with Crippen LogP contribution < -0.4 is 24.3 Å². The number of ether oxygens (including phenoxy) is 4. The lowest BCUT2D eigenvalue weighted by molar-refractivity contribution is -0.115. The van der Waals surface area contributed by atoms with Crippen LogP contribution in [0.15, 0.2) is 47.0 Å². The van der Waals surface area contributed by atoms with Crippen LogP contribution in [0.3, 0.4) is 0 Å². The SMILES string of the molecule is O=C(Cc1cc(-c2ccc3c(c2)OCO3)on1)Nc1ccc2c(c1)OCO2. The van der Waals surface area contributed by atoms with Crippen LogP contribution in [-0.2, 0) is 11.2 Å². The highest BCUT2D eigenvalue weighted by atomic mass is 16.7. The lowest BCUT2D eigenvalue weighted by Gasteiger charge is -2.04. The van der Waals surface area contributed by atoms with Crippen molar-refractivity contribution in [2.24, 2.45) is 0 Å². The van der Waals surface area contributed by atoms with E-state index in [0.29, 0.717) is 40.1 Å². The lowest BCUT2D eigenvalue weighted by atomic mass is 10.1. The first-order valence-corrected chi connectivity index (χ1v) is 8.30. The maximum Gasteiger partial charge on any atom is 0.231 e. The molecule has 27 heavy (non-hydrogen) atoms. The van der Waals surface area contributed by atoms with E-state index in [1.807, 2.05) is 18.2 Å². The summed E-state index contributed by atoms with van der Waals surface area (Å²) in [4.78, 5) is 12.3. The molecular formula is C19H14N2O6. The molecule has 1 amide bonds. The van der Waals surface area contributed by atoms with Gasteiger partial charge in [-0.15, -0.1) is 0 Å². The van der Waals surface area contributed by atoms with Gasteiger partial charge in [-0.3, -0.25) is 4.79 Å². The molecule has 3 heterocycles. The van der Waals surface area contributed by atoms with Crippen LogP contribution in [-0.4, -0.2) is 24.6 Å². The molecule has 0 atom stereocenters. The first-order chi connectivity index (χ1) is 13.2. The van der Waals surface area contributed by atoms with Crippen LogP contribution in [0.5, 0.6) is 23.0 Å². The van der Waals surface area contributed by atoms with Crippen LogP contribution in [0.25, 0.3) is 11.3 Å². The van der Waals surface area contributed by atoms with E-state index in [4.69, 9.17) is 23.5 Å². The second kappa shape index (κ2) is 6.24. The molecule has 136 valence electrons. The van der Waals surface area contributed by atoms with Gasteiger partial charge >= 0.3 is 0 Å². The summed E-state index contributed by atoms with van der Waals surface area (Å²) in [5.41, 5.74) is 1.96. The molecule has 8 nitrogen and oxygen atoms in total. The molecule has 3 aromatic rings. The van der Waals surface area contributed by atoms with Crippen molar-refractivity contribution in [1.29, 1.82) is 0 Å². The van der Waals surface area contributed by atoms with Gasteiger partial charge in [-0.1, -0.05) is 5.16 Å². The Balaban J connectivity index is 1.27. The molecule has 0 saturated heterocycles. The third-order valence-corrected chi connectivity index (χ3v) is 4.21. The molecule has 0 aliphatic carbocycles. The van der Waals surface area contributed by atoms with Gasteiger partial charge in [0.2, 0.25) is 19.5 Å². The predicted molar refractivity (Wildman–Crippen MR) is 93.0 cm³/mol. The average Bonchev–Trinajstić information content (AvgIpc) is 3.40. The summed E-state index contributed by atoms with van der Waals surface area (Å²) in [5.74, 6) is 2.98. The number of benzene rings is 2. The number of aromatic nitrogens is 1. The monoisotopic (exact) mass is 366 g/mol. The number of rotatable bonds is 4. The van der Waals surface area contributed by atoms with Gasteiger partial charge in [-0.25, -0.2) is 0 Å². The summed E-state index contributed by atoms with van der Waals surface area (Å²) in [6, 6.07) is 12.5. The zero-order valence-electron chi connectivity index (χ0n) is 14.1. The minimum atomic E-state index is -0.209. The molecule has 8 heteroatoms. The Morgan fingerprint density at radius 3 is 2.41 bits per heavy atom. The third-order valence-electron chi connectivity index (χ3n) is 4.21. The molecule has 2 aromatic carbocycles. The van der Waals surface area contributed by atoms with Crippen LogP contribution in [0.1, 0.15) is 5.69 Å². The Labute approximate surface area is 153 Å². The van der Waals surface area contributed by atoms with Crippen LogP contribution in [0.2, 0.25) is 0 Å². The van der Waals surface area contributed by atoms with E-state index in [-0.39, 0.29) is 25.9 Å². The summed E-state index contributed by atoms with van der Waals surface area (Å²) >= 11 is 0. The summed E-state index contributed by atoms with van der Waals surface area (Å²) in [5, 5.41) is 6.78. The fraction of sp³-hybridized carbons (Fsp3) is 0.158. The van der Waals surface area contributed by atoms with Gasteiger partial charge in [0, 0.05) is 23.4 Å². The average molecular weight is 366 g/mol. The van der Waals surface area contributed by atoms with Crippen molar-refractivity contribution in [2.75, 3.05) is 18.9 Å². The maximum absolute atomic E-state index is 12.3. The molecule has 0 spiro atoms. The Morgan fingerprint density at radius 1 is 0.889 bits per heavy atom. The predicted octanol–water partition coefficient (Wildman–Crippen LogP) is 2.98. The Kier molecular flexibility index (Phi) is 3.60. The van der Waals surface area contributed by atoms with Crippen molar-refractivity contribution >= 4 is 11.6 Å². The normalized spacial score (nSPS) is 13.6. The van der Waals surface area contributed by atoms with E-state index in [0.717, 1.165) is 5.56 Å². The second-order valence-electron chi connectivity index (χ2n) is 6.04. The van der Waals surface area contributed by atoms with Gasteiger partial charge in [0.05, 0.1) is 12.1 Å². The first-order valence-electron chi connectivity index (χ1n) is 8.30. The summed E-state index contributed by atoms with van der Waals surface area (Å²) in [6.45, 7) is 0.398. The molecule has 5 rings (SSSR count). The third kappa shape index (κ3) is 3.01. The fourth-order valence-corrected chi connectivity index (χ4v) is 2.92. The minimum Gasteiger partial charge on any atom is -0.454 e. The lowest BCUT2D eigenvalue weighted by Crippen LogP contribution is -2.14. The van der Waals surface area contributed by atoms with Crippen LogP contribution in [0, 0.1) is 0 Å². The standard InChI is InChI=1S/C19H14N2O6/c22-19(20-12-2-4-15-18(6-12)26-10-24-15)8-13-7-16(27-21-13)11-1-3-14-17(5-11)25-9-23-14/h1-7H,8-10H2,(H,20,22). The molecule has 0 unspecified atom stereocenters. The molecule has 1 N–H and O–H groups in total. The summed E-state index contributed by atoms with van der Waals surface area (Å²) in [7, 11) is 0. The number of hydrogen-bond donors (Lipinski definition) is 1. The van der Waals surface area contributed by atoms with Gasteiger partial charge in [0.15, 0.2) is 28.8 Å². The van der Waals surface area contributed by atoms with Gasteiger partial charge in [-0.05, 0) is 30.3 Å². The number of anilines is 1. The molecule has 2 aliphatic rings. The van der Waals surface area contributed by atoms with Crippen molar-refractivity contribution in [3.8, 4) is 34.3 Å². The van der Waals surface area contributed by atoms with Gasteiger partial charge in [0.1, 0.15) is 0 Å². The van der Waals surface area contributed by atoms with Gasteiger partial charge in [0.25, 0.3) is 0 Å².